The third-order valence-corrected chi connectivity index (χ3v) is 14.1. The summed E-state index contributed by atoms with van der Waals surface area (Å²) in [6.45, 7) is 10.3. The molecule has 2 aliphatic rings. The summed E-state index contributed by atoms with van der Waals surface area (Å²) in [5.74, 6) is 0.386. The van der Waals surface area contributed by atoms with Gasteiger partial charge in [0, 0.05) is 53.0 Å². The molecular formula is C61H68N14O5. The number of aromatic amines is 2. The number of para-hydroxylation sites is 2. The van der Waals surface area contributed by atoms with E-state index in [-0.39, 0.29) is 36.5 Å². The zero-order chi connectivity index (χ0) is 56.4. The molecule has 6 aromatic carbocycles. The number of hydrogen-bond donors (Lipinski definition) is 7. The predicted octanol–water partition coefficient (Wildman–Crippen LogP) is 7.26. The number of carbonyl (C=O) groups is 4. The van der Waals surface area contributed by atoms with Crippen LogP contribution in [-0.4, -0.2) is 106 Å². The Labute approximate surface area is 465 Å². The van der Waals surface area contributed by atoms with Crippen LogP contribution in [0.4, 0.5) is 11.4 Å². The van der Waals surface area contributed by atoms with E-state index in [9.17, 15) is 24.3 Å². The highest BCUT2D eigenvalue weighted by Crippen LogP contribution is 2.34. The molecule has 0 aliphatic carbocycles. The van der Waals surface area contributed by atoms with Gasteiger partial charge in [0.05, 0.1) is 19.2 Å². The molecule has 3 atom stereocenters. The molecule has 0 spiro atoms. The summed E-state index contributed by atoms with van der Waals surface area (Å²) in [5, 5.41) is 47.7. The normalized spacial score (nSPS) is 15.8. The number of aryl methyl sites for hydroxylation is 2. The first kappa shape index (κ1) is 56.0. The first-order valence-electron chi connectivity index (χ1n) is 26.9. The van der Waals surface area contributed by atoms with E-state index in [1.165, 1.54) is 0 Å². The number of aliphatic hydroxyl groups is 1. The average Bonchev–Trinajstić information content (AvgIpc) is 4.22. The number of fused-ring (bicyclic) bond motifs is 2. The topological polar surface area (TPSA) is 266 Å². The van der Waals surface area contributed by atoms with Gasteiger partial charge in [-0.25, -0.2) is 0 Å². The molecule has 1 unspecified atom stereocenters. The Bertz CT molecular complexity index is 3390. The molecule has 10 rings (SSSR count). The second kappa shape index (κ2) is 24.9. The van der Waals surface area contributed by atoms with Gasteiger partial charge in [-0.15, -0.1) is 20.4 Å². The van der Waals surface area contributed by atoms with Crippen LogP contribution in [0.1, 0.15) is 82.6 Å². The number of aromatic nitrogens is 8. The zero-order valence-electron chi connectivity index (χ0n) is 45.7. The number of carbonyl (C=O) groups excluding carboxylic acids is 4. The fourth-order valence-corrected chi connectivity index (χ4v) is 10.2. The lowest BCUT2D eigenvalue weighted by atomic mass is 9.98. The number of aliphatic hydroxyl groups excluding tert-OH is 1. The first-order valence-corrected chi connectivity index (χ1v) is 26.9. The van der Waals surface area contributed by atoms with Gasteiger partial charge in [-0.2, -0.15) is 10.4 Å². The standard InChI is InChI=1S/C32H37N7O3.C29H31N7O2/c1-21(40)19-33-32(2,3)18-29(41)34-27-17-16-24-8-4-7-11-28(24)39(31(27)42)20-22-12-14-23(15-13-22)25-9-5-6-10-26(25)30-35-37-38-36-30;1-29(2,30)17-26(37)31-24-16-15-21-7-3-6-10-25(21)36(28(24)38)18-19-11-13-20(14-12-19)22-8-4-5-9-23(22)27-32-34-35-33-27/h4-15,21,27,33,40H,16-20H2,1-3H3,(H,34,41)(H,35,36,37,38);3-14,24H,15-18,30H2,1-2H3,(H,31,37)(H,32,33,34,35)/t21?,27-;24-/m11/s1. The van der Waals surface area contributed by atoms with Crippen molar-refractivity contribution in [3.63, 3.8) is 0 Å². The van der Waals surface area contributed by atoms with Crippen LogP contribution in [0.15, 0.2) is 146 Å². The van der Waals surface area contributed by atoms with E-state index in [2.05, 4.69) is 57.2 Å². The Morgan fingerprint density at radius 1 is 0.600 bits per heavy atom. The van der Waals surface area contributed by atoms with Crippen LogP contribution in [0.3, 0.4) is 0 Å². The number of H-pyrrole nitrogens is 2. The fourth-order valence-electron chi connectivity index (χ4n) is 10.2. The summed E-state index contributed by atoms with van der Waals surface area (Å²) in [6.07, 6.45) is 2.25. The number of nitrogens with zero attached hydrogens (tertiary/aromatic N) is 8. The maximum absolute atomic E-state index is 13.9. The van der Waals surface area contributed by atoms with Crippen molar-refractivity contribution >= 4 is 35.0 Å². The van der Waals surface area contributed by atoms with Gasteiger partial charge in [0.25, 0.3) is 0 Å². The van der Waals surface area contributed by atoms with E-state index < -0.39 is 29.3 Å². The molecule has 4 heterocycles. The van der Waals surface area contributed by atoms with Crippen molar-refractivity contribution in [3.8, 4) is 45.0 Å². The molecule has 0 fully saturated rings. The van der Waals surface area contributed by atoms with E-state index in [0.29, 0.717) is 57.0 Å². The van der Waals surface area contributed by atoms with Gasteiger partial charge in [-0.3, -0.25) is 19.2 Å². The van der Waals surface area contributed by atoms with Crippen molar-refractivity contribution < 1.29 is 24.3 Å². The first-order chi connectivity index (χ1) is 38.5. The van der Waals surface area contributed by atoms with E-state index in [4.69, 9.17) is 5.73 Å². The minimum atomic E-state index is -0.648. The second-order valence-corrected chi connectivity index (χ2v) is 21.8. The van der Waals surface area contributed by atoms with Crippen LogP contribution >= 0.6 is 0 Å². The van der Waals surface area contributed by atoms with Crippen molar-refractivity contribution in [1.29, 1.82) is 0 Å². The van der Waals surface area contributed by atoms with Crippen molar-refractivity contribution in [2.45, 2.75) is 115 Å². The molecule has 80 heavy (non-hydrogen) atoms. The van der Waals surface area contributed by atoms with Gasteiger partial charge in [0.15, 0.2) is 0 Å². The maximum atomic E-state index is 13.9. The van der Waals surface area contributed by atoms with Crippen molar-refractivity contribution in [2.24, 2.45) is 5.73 Å². The summed E-state index contributed by atoms with van der Waals surface area (Å²) in [7, 11) is 0. The lowest BCUT2D eigenvalue weighted by Gasteiger charge is -2.29. The summed E-state index contributed by atoms with van der Waals surface area (Å²) in [4.78, 5) is 56.9. The minimum absolute atomic E-state index is 0.121. The summed E-state index contributed by atoms with van der Waals surface area (Å²) in [6, 6.07) is 46.6. The van der Waals surface area contributed by atoms with Crippen LogP contribution in [0.2, 0.25) is 0 Å². The molecule has 0 radical (unpaired) electrons. The molecule has 19 heteroatoms. The van der Waals surface area contributed by atoms with Crippen LogP contribution in [0, 0.1) is 0 Å². The number of nitrogens with two attached hydrogens (primary N) is 1. The molecule has 0 bridgehead atoms. The number of rotatable bonds is 17. The van der Waals surface area contributed by atoms with Crippen LogP contribution in [-0.2, 0) is 45.1 Å². The number of β-amino-alcohol motifs (C(OH)–C–C–N with tert-alkyl or cyclic N) is 1. The molecule has 2 aromatic heterocycles. The number of tetrazole rings is 2. The quantitative estimate of drug-likeness (QED) is 0.0474. The Morgan fingerprint density at radius 2 is 1.00 bits per heavy atom. The van der Waals surface area contributed by atoms with Gasteiger partial charge in [-0.05, 0) is 127 Å². The molecule has 8 N–H and O–H groups in total. The molecule has 0 saturated carbocycles. The third kappa shape index (κ3) is 14.1. The number of anilines is 2. The number of benzene rings is 6. The fraction of sp³-hybridized carbons (Fsp3) is 0.311. The molecule has 2 aliphatic heterocycles. The predicted molar refractivity (Wildman–Crippen MR) is 307 cm³/mol. The Balaban J connectivity index is 0.000000195. The van der Waals surface area contributed by atoms with E-state index in [0.717, 1.165) is 67.0 Å². The van der Waals surface area contributed by atoms with Crippen molar-refractivity contribution in [1.82, 2.24) is 57.2 Å². The van der Waals surface area contributed by atoms with E-state index >= 15 is 0 Å². The van der Waals surface area contributed by atoms with E-state index in [1.54, 1.807) is 30.6 Å². The zero-order valence-corrected chi connectivity index (χ0v) is 45.7. The smallest absolute Gasteiger partial charge is 0.249 e. The van der Waals surface area contributed by atoms with Crippen molar-refractivity contribution in [2.75, 3.05) is 16.3 Å². The van der Waals surface area contributed by atoms with Crippen LogP contribution in [0.25, 0.3) is 45.0 Å². The van der Waals surface area contributed by atoms with Gasteiger partial charge < -0.3 is 36.6 Å². The minimum Gasteiger partial charge on any atom is -0.392 e. The Kier molecular flexibility index (Phi) is 17.4. The van der Waals surface area contributed by atoms with Gasteiger partial charge in [-0.1, -0.05) is 133 Å². The lowest BCUT2D eigenvalue weighted by molar-refractivity contribution is -0.128. The Morgan fingerprint density at radius 3 is 1.40 bits per heavy atom. The van der Waals surface area contributed by atoms with E-state index in [1.807, 2.05) is 159 Å². The number of hydrogen-bond acceptors (Lipinski definition) is 13. The largest absolute Gasteiger partial charge is 0.392 e. The molecule has 4 amide bonds. The third-order valence-electron chi connectivity index (χ3n) is 14.1. The molecule has 19 nitrogen and oxygen atoms in total. The number of nitrogens with one attached hydrogen (secondary N) is 5. The highest BCUT2D eigenvalue weighted by Gasteiger charge is 2.34. The summed E-state index contributed by atoms with van der Waals surface area (Å²) < 4.78 is 0. The lowest BCUT2D eigenvalue weighted by Crippen LogP contribution is -2.51. The number of amides is 4. The summed E-state index contributed by atoms with van der Waals surface area (Å²) in [5.41, 5.74) is 16.4. The average molecular weight is 1080 g/mol. The molecule has 0 saturated heterocycles. The second-order valence-electron chi connectivity index (χ2n) is 21.8. The maximum Gasteiger partial charge on any atom is 0.249 e. The van der Waals surface area contributed by atoms with Crippen molar-refractivity contribution in [3.05, 3.63) is 168 Å². The SMILES string of the molecule is CC(C)(N)CC(=O)N[C@@H]1CCc2ccccc2N(Cc2ccc(-c3ccccc3-c3nn[nH]n3)cc2)C1=O.CC(O)CNC(C)(C)CC(=O)N[C@@H]1CCc2ccccc2N(Cc2ccc(-c3ccccc3-c3nn[nH]n3)cc2)C1=O. The monoisotopic (exact) mass is 1080 g/mol. The molecule has 412 valence electrons. The van der Waals surface area contributed by atoms with Gasteiger partial charge >= 0.3 is 0 Å². The molecule has 8 aromatic rings. The Hall–Kier alpha value is -8.78. The summed E-state index contributed by atoms with van der Waals surface area (Å²) >= 11 is 0. The van der Waals surface area contributed by atoms with Crippen LogP contribution in [0.5, 0.6) is 0 Å². The van der Waals surface area contributed by atoms with Gasteiger partial charge in [0.1, 0.15) is 12.1 Å². The highest BCUT2D eigenvalue weighted by molar-refractivity contribution is 6.01. The van der Waals surface area contributed by atoms with Crippen LogP contribution < -0.4 is 31.5 Å². The highest BCUT2D eigenvalue weighted by atomic mass is 16.3. The molecular weight excluding hydrogens is 1010 g/mol. The van der Waals surface area contributed by atoms with Gasteiger partial charge in [0.2, 0.25) is 35.3 Å².